The third kappa shape index (κ3) is 4.55. The first-order valence-corrected chi connectivity index (χ1v) is 10.0. The molecule has 6 nitrogen and oxygen atoms in total. The number of pyridine rings is 1. The zero-order chi connectivity index (χ0) is 20.9. The number of rotatable bonds is 6. The number of fused-ring (bicyclic) bond motifs is 1. The van der Waals surface area contributed by atoms with Gasteiger partial charge in [-0.25, -0.2) is 0 Å². The fourth-order valence-electron chi connectivity index (χ4n) is 3.80. The van der Waals surface area contributed by atoms with Gasteiger partial charge >= 0.3 is 0 Å². The maximum absolute atomic E-state index is 12.5. The standard InChI is InChI=1S/C24H24N4O2/c25-21(15-23(29)28-22-10-9-16-3-1-2-4-20(16)22)17-5-7-18(8-6-17)24(30)27-19-11-13-26-14-12-19/h1-8,11-14,21-22H,9-10,15,25H2,(H,28,29)(H,26,27,30)/t21-,22+/m1/s1. The molecule has 1 aliphatic rings. The highest BCUT2D eigenvalue weighted by molar-refractivity contribution is 6.04. The highest BCUT2D eigenvalue weighted by atomic mass is 16.2. The Bertz CT molecular complexity index is 1030. The maximum Gasteiger partial charge on any atom is 0.255 e. The molecule has 2 atom stereocenters. The van der Waals surface area contributed by atoms with E-state index < -0.39 is 6.04 Å². The lowest BCUT2D eigenvalue weighted by Gasteiger charge is -2.17. The van der Waals surface area contributed by atoms with Crippen LogP contribution in [-0.2, 0) is 11.2 Å². The van der Waals surface area contributed by atoms with Crippen LogP contribution in [0.1, 0.15) is 52.0 Å². The number of hydrogen-bond donors (Lipinski definition) is 3. The van der Waals surface area contributed by atoms with Gasteiger partial charge in [0, 0.05) is 36.1 Å². The van der Waals surface area contributed by atoms with Crippen LogP contribution in [0.25, 0.3) is 0 Å². The number of aromatic nitrogens is 1. The molecule has 152 valence electrons. The maximum atomic E-state index is 12.5. The van der Waals surface area contributed by atoms with Gasteiger partial charge in [0.05, 0.1) is 6.04 Å². The van der Waals surface area contributed by atoms with Gasteiger partial charge in [0.1, 0.15) is 0 Å². The van der Waals surface area contributed by atoms with Crippen LogP contribution in [0.15, 0.2) is 73.1 Å². The van der Waals surface area contributed by atoms with E-state index in [1.165, 1.54) is 11.1 Å². The molecule has 3 aromatic rings. The molecule has 1 aromatic heterocycles. The summed E-state index contributed by atoms with van der Waals surface area (Å²) in [5.74, 6) is -0.275. The lowest BCUT2D eigenvalue weighted by Crippen LogP contribution is -2.30. The zero-order valence-electron chi connectivity index (χ0n) is 16.5. The third-order valence-electron chi connectivity index (χ3n) is 5.41. The number of nitrogens with one attached hydrogen (secondary N) is 2. The number of amides is 2. The van der Waals surface area contributed by atoms with E-state index in [4.69, 9.17) is 5.73 Å². The molecule has 1 heterocycles. The zero-order valence-corrected chi connectivity index (χ0v) is 16.5. The summed E-state index contributed by atoms with van der Waals surface area (Å²) in [4.78, 5) is 28.8. The summed E-state index contributed by atoms with van der Waals surface area (Å²) in [6.07, 6.45) is 5.33. The van der Waals surface area contributed by atoms with E-state index in [2.05, 4.69) is 27.8 Å². The Hall–Kier alpha value is -3.51. The van der Waals surface area contributed by atoms with Gasteiger partial charge in [-0.3, -0.25) is 14.6 Å². The van der Waals surface area contributed by atoms with Crippen molar-refractivity contribution in [2.75, 3.05) is 5.32 Å². The molecule has 0 fully saturated rings. The number of nitrogens with zero attached hydrogens (tertiary/aromatic N) is 1. The highest BCUT2D eigenvalue weighted by Crippen LogP contribution is 2.31. The number of hydrogen-bond acceptors (Lipinski definition) is 4. The number of carbonyl (C=O) groups excluding carboxylic acids is 2. The first-order chi connectivity index (χ1) is 14.6. The summed E-state index contributed by atoms with van der Waals surface area (Å²) in [5, 5.41) is 5.92. The van der Waals surface area contributed by atoms with Gasteiger partial charge in [0.25, 0.3) is 5.91 Å². The summed E-state index contributed by atoms with van der Waals surface area (Å²) < 4.78 is 0. The van der Waals surface area contributed by atoms with E-state index in [-0.39, 0.29) is 24.3 Å². The number of carbonyl (C=O) groups is 2. The topological polar surface area (TPSA) is 97.1 Å². The van der Waals surface area contributed by atoms with Gasteiger partial charge < -0.3 is 16.4 Å². The summed E-state index contributed by atoms with van der Waals surface area (Å²) in [5.41, 5.74) is 10.8. The van der Waals surface area contributed by atoms with Crippen molar-refractivity contribution < 1.29 is 9.59 Å². The molecule has 0 spiro atoms. The quantitative estimate of drug-likeness (QED) is 0.590. The van der Waals surface area contributed by atoms with Gasteiger partial charge in [-0.05, 0) is 53.8 Å². The van der Waals surface area contributed by atoms with E-state index in [1.807, 2.05) is 12.1 Å². The smallest absolute Gasteiger partial charge is 0.255 e. The Balaban J connectivity index is 1.33. The number of anilines is 1. The Labute approximate surface area is 175 Å². The molecule has 0 aliphatic heterocycles. The Kier molecular flexibility index (Phi) is 5.86. The number of aryl methyl sites for hydroxylation is 1. The minimum absolute atomic E-state index is 0.0557. The van der Waals surface area contributed by atoms with E-state index in [9.17, 15) is 9.59 Å². The molecule has 0 unspecified atom stereocenters. The van der Waals surface area contributed by atoms with Gasteiger partial charge in [-0.2, -0.15) is 0 Å². The predicted octanol–water partition coefficient (Wildman–Crippen LogP) is 3.53. The van der Waals surface area contributed by atoms with Crippen LogP contribution in [0.5, 0.6) is 0 Å². The molecule has 0 saturated heterocycles. The summed E-state index contributed by atoms with van der Waals surface area (Å²) in [6.45, 7) is 0. The first kappa shape index (κ1) is 19.8. The van der Waals surface area contributed by atoms with Crippen LogP contribution in [0, 0.1) is 0 Å². The third-order valence-corrected chi connectivity index (χ3v) is 5.41. The number of nitrogens with two attached hydrogens (primary N) is 1. The molecule has 1 aliphatic carbocycles. The minimum Gasteiger partial charge on any atom is -0.349 e. The lowest BCUT2D eigenvalue weighted by molar-refractivity contribution is -0.122. The van der Waals surface area contributed by atoms with Crippen molar-refractivity contribution >= 4 is 17.5 Å². The fraction of sp³-hybridized carbons (Fsp3) is 0.208. The van der Waals surface area contributed by atoms with Crippen LogP contribution in [-0.4, -0.2) is 16.8 Å². The molecule has 0 bridgehead atoms. The molecule has 4 N–H and O–H groups in total. The van der Waals surface area contributed by atoms with Crippen molar-refractivity contribution in [3.8, 4) is 0 Å². The fourth-order valence-corrected chi connectivity index (χ4v) is 3.80. The molecule has 2 amide bonds. The van der Waals surface area contributed by atoms with Crippen molar-refractivity contribution in [2.45, 2.75) is 31.3 Å². The normalized spacial score (nSPS) is 15.8. The van der Waals surface area contributed by atoms with Crippen LogP contribution in [0.4, 0.5) is 5.69 Å². The van der Waals surface area contributed by atoms with Crippen LogP contribution in [0.2, 0.25) is 0 Å². The molecule has 0 saturated carbocycles. The summed E-state index contributed by atoms with van der Waals surface area (Å²) >= 11 is 0. The lowest BCUT2D eigenvalue weighted by atomic mass is 10.0. The molecule has 2 aromatic carbocycles. The van der Waals surface area contributed by atoms with Crippen molar-refractivity contribution in [1.29, 1.82) is 0 Å². The van der Waals surface area contributed by atoms with E-state index in [0.717, 1.165) is 18.4 Å². The number of benzene rings is 2. The van der Waals surface area contributed by atoms with Gasteiger partial charge in [0.2, 0.25) is 5.91 Å². The van der Waals surface area contributed by atoms with Gasteiger partial charge in [-0.15, -0.1) is 0 Å². The van der Waals surface area contributed by atoms with Gasteiger partial charge in [-0.1, -0.05) is 36.4 Å². The summed E-state index contributed by atoms with van der Waals surface area (Å²) in [7, 11) is 0. The molecular formula is C24H24N4O2. The largest absolute Gasteiger partial charge is 0.349 e. The van der Waals surface area contributed by atoms with E-state index >= 15 is 0 Å². The molecular weight excluding hydrogens is 376 g/mol. The van der Waals surface area contributed by atoms with E-state index in [0.29, 0.717) is 11.3 Å². The van der Waals surface area contributed by atoms with E-state index in [1.54, 1.807) is 48.8 Å². The monoisotopic (exact) mass is 400 g/mol. The second kappa shape index (κ2) is 8.88. The average Bonchev–Trinajstić information content (AvgIpc) is 3.17. The molecule has 0 radical (unpaired) electrons. The Morgan fingerprint density at radius 3 is 2.53 bits per heavy atom. The van der Waals surface area contributed by atoms with Gasteiger partial charge in [0.15, 0.2) is 0 Å². The molecule has 4 rings (SSSR count). The van der Waals surface area contributed by atoms with Crippen molar-refractivity contribution in [2.24, 2.45) is 5.73 Å². The van der Waals surface area contributed by atoms with Crippen molar-refractivity contribution in [1.82, 2.24) is 10.3 Å². The van der Waals surface area contributed by atoms with Crippen LogP contribution < -0.4 is 16.4 Å². The van der Waals surface area contributed by atoms with Crippen LogP contribution >= 0.6 is 0 Å². The Morgan fingerprint density at radius 2 is 1.77 bits per heavy atom. The second-order valence-corrected chi connectivity index (χ2v) is 7.48. The van der Waals surface area contributed by atoms with Crippen molar-refractivity contribution in [3.05, 3.63) is 95.3 Å². The Morgan fingerprint density at radius 1 is 1.03 bits per heavy atom. The predicted molar refractivity (Wildman–Crippen MR) is 116 cm³/mol. The minimum atomic E-state index is -0.432. The van der Waals surface area contributed by atoms with Crippen LogP contribution in [0.3, 0.4) is 0 Å². The first-order valence-electron chi connectivity index (χ1n) is 10.0. The average molecular weight is 400 g/mol. The highest BCUT2D eigenvalue weighted by Gasteiger charge is 2.24. The second-order valence-electron chi connectivity index (χ2n) is 7.48. The SMILES string of the molecule is N[C@H](CC(=O)N[C@H]1CCc2ccccc21)c1ccc(C(=O)Nc2ccncc2)cc1. The summed E-state index contributed by atoms with van der Waals surface area (Å²) in [6, 6.07) is 18.3. The molecule has 6 heteroatoms. The van der Waals surface area contributed by atoms with Crippen molar-refractivity contribution in [3.63, 3.8) is 0 Å². The molecule has 30 heavy (non-hydrogen) atoms.